The molecule has 2 aromatic carbocycles. The molecule has 0 spiro atoms. The molecule has 4 rings (SSSR count). The number of amides is 1. The predicted molar refractivity (Wildman–Crippen MR) is 117 cm³/mol. The number of aromatic nitrogens is 2. The van der Waals surface area contributed by atoms with E-state index in [1.807, 2.05) is 43.4 Å². The molecule has 3 aromatic rings. The van der Waals surface area contributed by atoms with Crippen LogP contribution in [0.4, 0.5) is 0 Å². The summed E-state index contributed by atoms with van der Waals surface area (Å²) >= 11 is 0. The molecule has 0 aliphatic carbocycles. The molecule has 0 radical (unpaired) electrons. The van der Waals surface area contributed by atoms with Crippen molar-refractivity contribution in [1.82, 2.24) is 20.2 Å². The maximum atomic E-state index is 13.0. The summed E-state index contributed by atoms with van der Waals surface area (Å²) in [6.07, 6.45) is 2.94. The first-order valence-electron chi connectivity index (χ1n) is 10.6. The first kappa shape index (κ1) is 19.6. The van der Waals surface area contributed by atoms with Crippen molar-refractivity contribution in [3.63, 3.8) is 0 Å². The molecule has 152 valence electrons. The highest BCUT2D eigenvalue weighted by molar-refractivity contribution is 5.78. The topological polar surface area (TPSA) is 59.0 Å². The number of rotatable bonds is 6. The maximum absolute atomic E-state index is 13.0. The van der Waals surface area contributed by atoms with Crippen molar-refractivity contribution >= 4 is 16.9 Å². The Morgan fingerprint density at radius 1 is 1.21 bits per heavy atom. The smallest absolute Gasteiger partial charge is 0.221 e. The van der Waals surface area contributed by atoms with Gasteiger partial charge in [-0.05, 0) is 55.5 Å². The van der Waals surface area contributed by atoms with E-state index < -0.39 is 0 Å². The van der Waals surface area contributed by atoms with Crippen LogP contribution in [0.1, 0.15) is 43.6 Å². The lowest BCUT2D eigenvalue weighted by Crippen LogP contribution is -2.37. The summed E-state index contributed by atoms with van der Waals surface area (Å²) in [5, 5.41) is 6.74. The normalized spacial score (nSPS) is 19.0. The van der Waals surface area contributed by atoms with Crippen LogP contribution < -0.4 is 10.6 Å². The van der Waals surface area contributed by atoms with Crippen LogP contribution in [0.3, 0.4) is 0 Å². The van der Waals surface area contributed by atoms with Gasteiger partial charge in [-0.25, -0.2) is 4.98 Å². The molecule has 1 saturated heterocycles. The lowest BCUT2D eigenvalue weighted by Gasteiger charge is -2.28. The third-order valence-electron chi connectivity index (χ3n) is 6.17. The molecular weight excluding hydrogens is 360 g/mol. The maximum Gasteiger partial charge on any atom is 0.221 e. The zero-order valence-electron chi connectivity index (χ0n) is 17.3. The Morgan fingerprint density at radius 3 is 2.69 bits per heavy atom. The summed E-state index contributed by atoms with van der Waals surface area (Å²) in [6, 6.07) is 17.9. The van der Waals surface area contributed by atoms with Gasteiger partial charge >= 0.3 is 0 Å². The van der Waals surface area contributed by atoms with E-state index in [1.165, 1.54) is 12.8 Å². The monoisotopic (exact) mass is 390 g/mol. The summed E-state index contributed by atoms with van der Waals surface area (Å²) in [4.78, 5) is 17.9. The minimum atomic E-state index is -0.266. The Morgan fingerprint density at radius 2 is 1.97 bits per heavy atom. The van der Waals surface area contributed by atoms with Crippen LogP contribution in [0.25, 0.3) is 11.0 Å². The SMILES string of the molecule is CC(CC(=O)NC(c1ccccc1)c1nc2ccccc2n1C)C1CCCNC1. The molecule has 0 saturated carbocycles. The first-order valence-corrected chi connectivity index (χ1v) is 10.6. The number of piperidine rings is 1. The van der Waals surface area contributed by atoms with Crippen molar-refractivity contribution in [2.45, 2.75) is 32.2 Å². The van der Waals surface area contributed by atoms with Crippen LogP contribution in [0.5, 0.6) is 0 Å². The number of carbonyl (C=O) groups excluding carboxylic acids is 1. The van der Waals surface area contributed by atoms with Gasteiger partial charge in [0, 0.05) is 13.5 Å². The second-order valence-corrected chi connectivity index (χ2v) is 8.22. The quantitative estimate of drug-likeness (QED) is 0.673. The van der Waals surface area contributed by atoms with Crippen LogP contribution in [-0.2, 0) is 11.8 Å². The standard InChI is InChI=1S/C24H30N4O/c1-17(19-11-8-14-25-16-19)15-22(29)27-23(18-9-4-3-5-10-18)24-26-20-12-6-7-13-21(20)28(24)2/h3-7,9-10,12-13,17,19,23,25H,8,11,14-16H2,1-2H3,(H,27,29). The van der Waals surface area contributed by atoms with Gasteiger partial charge in [-0.1, -0.05) is 49.4 Å². The summed E-state index contributed by atoms with van der Waals surface area (Å²) < 4.78 is 2.09. The number of nitrogens with one attached hydrogen (secondary N) is 2. The molecule has 2 heterocycles. The van der Waals surface area contributed by atoms with Gasteiger partial charge < -0.3 is 15.2 Å². The van der Waals surface area contributed by atoms with Crippen LogP contribution in [-0.4, -0.2) is 28.5 Å². The number of hydrogen-bond donors (Lipinski definition) is 2. The van der Waals surface area contributed by atoms with Gasteiger partial charge in [0.2, 0.25) is 5.91 Å². The second kappa shape index (κ2) is 8.78. The van der Waals surface area contributed by atoms with E-state index in [-0.39, 0.29) is 11.9 Å². The molecule has 5 nitrogen and oxygen atoms in total. The summed E-state index contributed by atoms with van der Waals surface area (Å²) in [6.45, 7) is 4.31. The van der Waals surface area contributed by atoms with Crippen molar-refractivity contribution in [3.05, 3.63) is 66.0 Å². The molecule has 29 heavy (non-hydrogen) atoms. The molecule has 3 atom stereocenters. The molecule has 3 unspecified atom stereocenters. The molecule has 0 bridgehead atoms. The van der Waals surface area contributed by atoms with Gasteiger partial charge in [0.25, 0.3) is 0 Å². The fraction of sp³-hybridized carbons (Fsp3) is 0.417. The van der Waals surface area contributed by atoms with E-state index in [0.717, 1.165) is 35.5 Å². The van der Waals surface area contributed by atoms with Gasteiger partial charge in [-0.3, -0.25) is 4.79 Å². The zero-order valence-corrected chi connectivity index (χ0v) is 17.3. The minimum absolute atomic E-state index is 0.0870. The Labute approximate surface area is 172 Å². The van der Waals surface area contributed by atoms with E-state index in [4.69, 9.17) is 4.98 Å². The van der Waals surface area contributed by atoms with E-state index >= 15 is 0 Å². The first-order chi connectivity index (χ1) is 14.1. The Balaban J connectivity index is 1.58. The van der Waals surface area contributed by atoms with Gasteiger partial charge in [0.05, 0.1) is 11.0 Å². The Hall–Kier alpha value is -2.66. The Bertz CT molecular complexity index is 959. The Kier molecular flexibility index (Phi) is 5.95. The van der Waals surface area contributed by atoms with E-state index in [1.54, 1.807) is 0 Å². The summed E-state index contributed by atoms with van der Waals surface area (Å²) in [7, 11) is 2.02. The lowest BCUT2D eigenvalue weighted by atomic mass is 9.85. The van der Waals surface area contributed by atoms with E-state index in [0.29, 0.717) is 18.3 Å². The van der Waals surface area contributed by atoms with Crippen molar-refractivity contribution in [2.24, 2.45) is 18.9 Å². The molecular formula is C24H30N4O. The van der Waals surface area contributed by atoms with Crippen LogP contribution in [0.2, 0.25) is 0 Å². The highest BCUT2D eigenvalue weighted by Gasteiger charge is 2.26. The highest BCUT2D eigenvalue weighted by Crippen LogP contribution is 2.27. The van der Waals surface area contributed by atoms with Crippen molar-refractivity contribution in [2.75, 3.05) is 13.1 Å². The zero-order chi connectivity index (χ0) is 20.2. The number of nitrogens with zero attached hydrogens (tertiary/aromatic N) is 2. The minimum Gasteiger partial charge on any atom is -0.342 e. The molecule has 1 aliphatic heterocycles. The van der Waals surface area contributed by atoms with Crippen LogP contribution >= 0.6 is 0 Å². The molecule has 5 heteroatoms. The molecule has 1 aliphatic rings. The summed E-state index contributed by atoms with van der Waals surface area (Å²) in [5.41, 5.74) is 3.06. The summed E-state index contributed by atoms with van der Waals surface area (Å²) in [5.74, 6) is 1.88. The van der Waals surface area contributed by atoms with Crippen molar-refractivity contribution in [3.8, 4) is 0 Å². The molecule has 1 fully saturated rings. The average Bonchev–Trinajstić information content (AvgIpc) is 3.10. The van der Waals surface area contributed by atoms with Gasteiger partial charge in [0.1, 0.15) is 11.9 Å². The fourth-order valence-corrected chi connectivity index (χ4v) is 4.41. The number of hydrogen-bond acceptors (Lipinski definition) is 3. The van der Waals surface area contributed by atoms with Gasteiger partial charge in [-0.2, -0.15) is 0 Å². The number of carbonyl (C=O) groups is 1. The predicted octanol–water partition coefficient (Wildman–Crippen LogP) is 3.80. The lowest BCUT2D eigenvalue weighted by molar-refractivity contribution is -0.122. The number of para-hydroxylation sites is 2. The fourth-order valence-electron chi connectivity index (χ4n) is 4.41. The second-order valence-electron chi connectivity index (χ2n) is 8.22. The molecule has 1 amide bonds. The number of imidazole rings is 1. The largest absolute Gasteiger partial charge is 0.342 e. The van der Waals surface area contributed by atoms with Gasteiger partial charge in [-0.15, -0.1) is 0 Å². The van der Waals surface area contributed by atoms with E-state index in [9.17, 15) is 4.79 Å². The van der Waals surface area contributed by atoms with Crippen LogP contribution in [0, 0.1) is 11.8 Å². The molecule has 1 aromatic heterocycles. The third-order valence-corrected chi connectivity index (χ3v) is 6.17. The molecule has 2 N–H and O–H groups in total. The van der Waals surface area contributed by atoms with Crippen LogP contribution in [0.15, 0.2) is 54.6 Å². The van der Waals surface area contributed by atoms with Gasteiger partial charge in [0.15, 0.2) is 0 Å². The van der Waals surface area contributed by atoms with E-state index in [2.05, 4.69) is 40.3 Å². The number of aryl methyl sites for hydroxylation is 1. The van der Waals surface area contributed by atoms with Crippen molar-refractivity contribution in [1.29, 1.82) is 0 Å². The number of fused-ring (bicyclic) bond motifs is 1. The van der Waals surface area contributed by atoms with Crippen molar-refractivity contribution < 1.29 is 4.79 Å². The average molecular weight is 391 g/mol. The third kappa shape index (κ3) is 4.35. The number of benzene rings is 2. The highest BCUT2D eigenvalue weighted by atomic mass is 16.1.